The van der Waals surface area contributed by atoms with E-state index < -0.39 is 0 Å². The van der Waals surface area contributed by atoms with Crippen LogP contribution in [0.15, 0.2) is 0 Å². The molecule has 0 aliphatic carbocycles. The molecule has 0 radical (unpaired) electrons. The van der Waals surface area contributed by atoms with Crippen molar-refractivity contribution in [3.05, 3.63) is 0 Å². The number of methoxy groups -OCH3 is 1. The minimum Gasteiger partial charge on any atom is -0.377 e. The van der Waals surface area contributed by atoms with E-state index in [2.05, 4.69) is 5.32 Å². The zero-order valence-electron chi connectivity index (χ0n) is 9.43. The van der Waals surface area contributed by atoms with Gasteiger partial charge in [-0.05, 0) is 31.8 Å². The lowest BCUT2D eigenvalue weighted by Gasteiger charge is -2.35. The van der Waals surface area contributed by atoms with E-state index in [1.54, 1.807) is 7.11 Å². The number of hydrogen-bond donors (Lipinski definition) is 1. The van der Waals surface area contributed by atoms with Gasteiger partial charge in [0.2, 0.25) is 0 Å². The Hall–Kier alpha value is -0.410. The Bertz CT molecular complexity index is 195. The molecule has 82 valence electrons. The number of ketones is 1. The molecule has 0 spiro atoms. The second kappa shape index (κ2) is 4.89. The normalized spacial score (nSPS) is 23.5. The van der Waals surface area contributed by atoms with Crippen molar-refractivity contribution in [2.75, 3.05) is 26.8 Å². The van der Waals surface area contributed by atoms with Crippen molar-refractivity contribution in [1.82, 2.24) is 5.32 Å². The van der Waals surface area contributed by atoms with Gasteiger partial charge in [0, 0.05) is 12.5 Å². The highest BCUT2D eigenvalue weighted by atomic mass is 16.5. The molecule has 0 saturated carbocycles. The largest absolute Gasteiger partial charge is 0.377 e. The standard InChI is InChI=1S/C11H21NO2/c1-11(2,10(13)8-14-3)9-5-4-6-12-7-9/h9,12H,4-8H2,1-3H3. The second-order valence-electron chi connectivity index (χ2n) is 4.62. The summed E-state index contributed by atoms with van der Waals surface area (Å²) in [6.07, 6.45) is 2.32. The van der Waals surface area contributed by atoms with Crippen LogP contribution >= 0.6 is 0 Å². The molecule has 0 amide bonds. The van der Waals surface area contributed by atoms with Crippen molar-refractivity contribution < 1.29 is 9.53 Å². The first-order chi connectivity index (χ1) is 6.59. The lowest BCUT2D eigenvalue weighted by Crippen LogP contribution is -2.43. The third kappa shape index (κ3) is 2.55. The van der Waals surface area contributed by atoms with Crippen LogP contribution < -0.4 is 5.32 Å². The predicted octanol–water partition coefficient (Wildman–Crippen LogP) is 1.23. The summed E-state index contributed by atoms with van der Waals surface area (Å²) in [5.74, 6) is 0.674. The minimum absolute atomic E-state index is 0.216. The van der Waals surface area contributed by atoms with Crippen molar-refractivity contribution in [2.45, 2.75) is 26.7 Å². The van der Waals surface area contributed by atoms with Gasteiger partial charge in [0.1, 0.15) is 6.61 Å². The fraction of sp³-hybridized carbons (Fsp3) is 0.909. The number of hydrogen-bond acceptors (Lipinski definition) is 3. The van der Waals surface area contributed by atoms with Crippen molar-refractivity contribution in [2.24, 2.45) is 11.3 Å². The molecule has 1 fully saturated rings. The molecule has 0 aromatic heterocycles. The molecule has 0 aromatic carbocycles. The minimum atomic E-state index is -0.247. The zero-order chi connectivity index (χ0) is 10.6. The average molecular weight is 199 g/mol. The Labute approximate surface area is 86.2 Å². The Kier molecular flexibility index (Phi) is 4.08. The first kappa shape index (κ1) is 11.7. The number of Topliss-reactive ketones (excluding diaryl/α,β-unsaturated/α-hetero) is 1. The monoisotopic (exact) mass is 199 g/mol. The summed E-state index contributed by atoms with van der Waals surface area (Å²) in [7, 11) is 1.58. The topological polar surface area (TPSA) is 38.3 Å². The van der Waals surface area contributed by atoms with E-state index in [1.807, 2.05) is 13.8 Å². The van der Waals surface area contributed by atoms with Gasteiger partial charge in [0.15, 0.2) is 5.78 Å². The van der Waals surface area contributed by atoms with Crippen molar-refractivity contribution in [3.8, 4) is 0 Å². The number of ether oxygens (including phenoxy) is 1. The summed E-state index contributed by atoms with van der Waals surface area (Å²) < 4.78 is 4.91. The van der Waals surface area contributed by atoms with Gasteiger partial charge in [-0.3, -0.25) is 4.79 Å². The first-order valence-corrected chi connectivity index (χ1v) is 5.32. The maximum absolute atomic E-state index is 11.8. The van der Waals surface area contributed by atoms with Gasteiger partial charge in [0.05, 0.1) is 0 Å². The molecule has 1 aliphatic rings. The van der Waals surface area contributed by atoms with E-state index in [-0.39, 0.29) is 17.8 Å². The number of nitrogens with one attached hydrogen (secondary N) is 1. The molecule has 1 unspecified atom stereocenters. The van der Waals surface area contributed by atoms with Crippen molar-refractivity contribution >= 4 is 5.78 Å². The number of piperidine rings is 1. The van der Waals surface area contributed by atoms with E-state index in [0.29, 0.717) is 5.92 Å². The van der Waals surface area contributed by atoms with Crippen LogP contribution in [0.2, 0.25) is 0 Å². The Balaban J connectivity index is 2.57. The van der Waals surface area contributed by atoms with Crippen LogP contribution in [-0.2, 0) is 9.53 Å². The van der Waals surface area contributed by atoms with Gasteiger partial charge in [0.25, 0.3) is 0 Å². The smallest absolute Gasteiger partial charge is 0.164 e. The summed E-state index contributed by atoms with van der Waals surface area (Å²) in [5.41, 5.74) is -0.247. The third-order valence-electron chi connectivity index (χ3n) is 3.31. The van der Waals surface area contributed by atoms with Crippen LogP contribution in [0.25, 0.3) is 0 Å². The Morgan fingerprint density at radius 1 is 1.57 bits per heavy atom. The molecule has 1 rings (SSSR count). The molecule has 1 N–H and O–H groups in total. The molecule has 1 atom stereocenters. The van der Waals surface area contributed by atoms with Gasteiger partial charge in [-0.1, -0.05) is 13.8 Å². The highest BCUT2D eigenvalue weighted by Gasteiger charge is 2.36. The molecule has 3 heteroatoms. The highest BCUT2D eigenvalue weighted by molar-refractivity contribution is 5.85. The van der Waals surface area contributed by atoms with Crippen LogP contribution in [-0.4, -0.2) is 32.6 Å². The van der Waals surface area contributed by atoms with Gasteiger partial charge < -0.3 is 10.1 Å². The fourth-order valence-corrected chi connectivity index (χ4v) is 2.01. The summed E-state index contributed by atoms with van der Waals surface area (Å²) in [6.45, 7) is 6.36. The third-order valence-corrected chi connectivity index (χ3v) is 3.31. The van der Waals surface area contributed by atoms with Crippen LogP contribution in [0.4, 0.5) is 0 Å². The van der Waals surface area contributed by atoms with E-state index in [4.69, 9.17) is 4.74 Å². The van der Waals surface area contributed by atoms with Gasteiger partial charge in [-0.15, -0.1) is 0 Å². The van der Waals surface area contributed by atoms with Crippen molar-refractivity contribution in [1.29, 1.82) is 0 Å². The molecule has 3 nitrogen and oxygen atoms in total. The summed E-state index contributed by atoms with van der Waals surface area (Å²) in [5, 5.41) is 3.34. The first-order valence-electron chi connectivity index (χ1n) is 5.32. The van der Waals surface area contributed by atoms with Gasteiger partial charge >= 0.3 is 0 Å². The van der Waals surface area contributed by atoms with Crippen molar-refractivity contribution in [3.63, 3.8) is 0 Å². The summed E-state index contributed by atoms with van der Waals surface area (Å²) in [4.78, 5) is 11.8. The maximum atomic E-state index is 11.8. The lowest BCUT2D eigenvalue weighted by atomic mass is 9.72. The van der Waals surface area contributed by atoms with E-state index in [9.17, 15) is 4.79 Å². The number of carbonyl (C=O) groups excluding carboxylic acids is 1. The molecule has 0 bridgehead atoms. The summed E-state index contributed by atoms with van der Waals surface area (Å²) >= 11 is 0. The fourth-order valence-electron chi connectivity index (χ4n) is 2.01. The van der Waals surface area contributed by atoms with E-state index in [1.165, 1.54) is 6.42 Å². The molecule has 0 aromatic rings. The van der Waals surface area contributed by atoms with Crippen LogP contribution in [0, 0.1) is 11.3 Å². The molecule has 14 heavy (non-hydrogen) atoms. The Morgan fingerprint density at radius 3 is 2.79 bits per heavy atom. The average Bonchev–Trinajstić information content (AvgIpc) is 2.19. The number of carbonyl (C=O) groups is 1. The highest BCUT2D eigenvalue weighted by Crippen LogP contribution is 2.32. The Morgan fingerprint density at radius 2 is 2.29 bits per heavy atom. The molecular weight excluding hydrogens is 178 g/mol. The van der Waals surface area contributed by atoms with E-state index in [0.717, 1.165) is 19.5 Å². The zero-order valence-corrected chi connectivity index (χ0v) is 9.43. The van der Waals surface area contributed by atoms with Crippen LogP contribution in [0.3, 0.4) is 0 Å². The second-order valence-corrected chi connectivity index (χ2v) is 4.62. The van der Waals surface area contributed by atoms with Gasteiger partial charge in [-0.2, -0.15) is 0 Å². The van der Waals surface area contributed by atoms with Crippen LogP contribution in [0.1, 0.15) is 26.7 Å². The quantitative estimate of drug-likeness (QED) is 0.740. The maximum Gasteiger partial charge on any atom is 0.164 e. The summed E-state index contributed by atoms with van der Waals surface area (Å²) in [6, 6.07) is 0. The predicted molar refractivity (Wildman–Crippen MR) is 56.3 cm³/mol. The molecule has 1 saturated heterocycles. The lowest BCUT2D eigenvalue weighted by molar-refractivity contribution is -0.134. The molecular formula is C11H21NO2. The molecule has 1 aliphatic heterocycles. The number of rotatable bonds is 4. The van der Waals surface area contributed by atoms with E-state index >= 15 is 0 Å². The molecule has 1 heterocycles. The van der Waals surface area contributed by atoms with Gasteiger partial charge in [-0.25, -0.2) is 0 Å². The SMILES string of the molecule is COCC(=O)C(C)(C)C1CCCNC1. The van der Waals surface area contributed by atoms with Crippen LogP contribution in [0.5, 0.6) is 0 Å².